The van der Waals surface area contributed by atoms with Crippen LogP contribution >= 0.6 is 11.6 Å². The van der Waals surface area contributed by atoms with E-state index in [1.165, 1.54) is 28.6 Å². The minimum absolute atomic E-state index is 0.0973. The maximum absolute atomic E-state index is 13.5. The van der Waals surface area contributed by atoms with Crippen LogP contribution in [0.5, 0.6) is 5.75 Å². The first kappa shape index (κ1) is 22.2. The Kier molecular flexibility index (Phi) is 6.13. The van der Waals surface area contributed by atoms with Crippen LogP contribution < -0.4 is 9.04 Å². The second-order valence-corrected chi connectivity index (χ2v) is 9.95. The molecule has 0 fully saturated rings. The van der Waals surface area contributed by atoms with Crippen molar-refractivity contribution in [2.24, 2.45) is 0 Å². The molecule has 1 aliphatic heterocycles. The number of hydrogen-bond acceptors (Lipinski definition) is 4. The third kappa shape index (κ3) is 4.31. The molecule has 2 atom stereocenters. The number of aliphatic carboxylic acids is 1. The standard InChI is InChI=1S/C24H22ClNO5S/c1-16-21(14-24(27)28)22-13-19(31-15-17-5-3-2-4-6-17)9-12-23(22)26(16)32(29,30)20-10-7-18(25)8-11-20/h2-13,16,21H,14-15H2,1H3,(H,27,28)/t16-,21-/m1/s1. The molecule has 0 bridgehead atoms. The number of sulfonamides is 1. The highest BCUT2D eigenvalue weighted by Gasteiger charge is 2.43. The second kappa shape index (κ2) is 8.84. The quantitative estimate of drug-likeness (QED) is 0.519. The normalized spacial score (nSPS) is 17.8. The van der Waals surface area contributed by atoms with E-state index < -0.39 is 28.0 Å². The van der Waals surface area contributed by atoms with Gasteiger partial charge in [0.2, 0.25) is 0 Å². The maximum Gasteiger partial charge on any atom is 0.304 e. The molecule has 1 aliphatic rings. The van der Waals surface area contributed by atoms with Gasteiger partial charge >= 0.3 is 5.97 Å². The molecule has 0 saturated heterocycles. The van der Waals surface area contributed by atoms with Crippen LogP contribution in [0.4, 0.5) is 5.69 Å². The Labute approximate surface area is 192 Å². The Morgan fingerprint density at radius 1 is 1.06 bits per heavy atom. The van der Waals surface area contributed by atoms with Crippen molar-refractivity contribution >= 4 is 33.3 Å². The van der Waals surface area contributed by atoms with E-state index in [0.717, 1.165) is 5.56 Å². The van der Waals surface area contributed by atoms with E-state index >= 15 is 0 Å². The summed E-state index contributed by atoms with van der Waals surface area (Å²) >= 11 is 5.92. The van der Waals surface area contributed by atoms with Gasteiger partial charge in [-0.05, 0) is 60.5 Å². The molecule has 4 rings (SSSR count). The average molecular weight is 472 g/mol. The van der Waals surface area contributed by atoms with Crippen LogP contribution in [-0.4, -0.2) is 25.5 Å². The SMILES string of the molecule is C[C@@H]1[C@@H](CC(=O)O)c2cc(OCc3ccccc3)ccc2N1S(=O)(=O)c1ccc(Cl)cc1. The summed E-state index contributed by atoms with van der Waals surface area (Å²) < 4.78 is 34.1. The lowest BCUT2D eigenvalue weighted by molar-refractivity contribution is -0.137. The van der Waals surface area contributed by atoms with Gasteiger partial charge in [-0.2, -0.15) is 0 Å². The van der Waals surface area contributed by atoms with Gasteiger partial charge in [-0.25, -0.2) is 8.42 Å². The van der Waals surface area contributed by atoms with Gasteiger partial charge in [0, 0.05) is 10.9 Å². The summed E-state index contributed by atoms with van der Waals surface area (Å²) in [5.74, 6) is -0.945. The Bertz CT molecular complexity index is 1230. The minimum Gasteiger partial charge on any atom is -0.489 e. The summed E-state index contributed by atoms with van der Waals surface area (Å²) in [7, 11) is -3.91. The zero-order chi connectivity index (χ0) is 22.9. The number of hydrogen-bond donors (Lipinski definition) is 1. The average Bonchev–Trinajstić information content (AvgIpc) is 3.04. The fraction of sp³-hybridized carbons (Fsp3) is 0.208. The van der Waals surface area contributed by atoms with Crippen LogP contribution in [0.1, 0.15) is 30.4 Å². The molecule has 0 aliphatic carbocycles. The van der Waals surface area contributed by atoms with E-state index in [1.807, 2.05) is 30.3 Å². The first-order valence-electron chi connectivity index (χ1n) is 10.1. The summed E-state index contributed by atoms with van der Waals surface area (Å²) in [6.45, 7) is 2.08. The first-order valence-corrected chi connectivity index (χ1v) is 11.9. The molecule has 8 heteroatoms. The molecule has 3 aromatic carbocycles. The molecule has 0 saturated carbocycles. The number of nitrogens with zero attached hydrogens (tertiary/aromatic N) is 1. The van der Waals surface area contributed by atoms with Crippen molar-refractivity contribution in [2.45, 2.75) is 36.8 Å². The van der Waals surface area contributed by atoms with E-state index in [4.69, 9.17) is 16.3 Å². The van der Waals surface area contributed by atoms with E-state index in [2.05, 4.69) is 0 Å². The number of rotatable bonds is 7. The van der Waals surface area contributed by atoms with E-state index in [1.54, 1.807) is 25.1 Å². The fourth-order valence-corrected chi connectivity index (χ4v) is 5.88. The van der Waals surface area contributed by atoms with Crippen LogP contribution in [0.15, 0.2) is 77.7 Å². The van der Waals surface area contributed by atoms with Crippen molar-refractivity contribution < 1.29 is 23.1 Å². The highest BCUT2D eigenvalue weighted by Crippen LogP contribution is 2.47. The lowest BCUT2D eigenvalue weighted by Crippen LogP contribution is -2.37. The van der Waals surface area contributed by atoms with Gasteiger partial charge in [0.1, 0.15) is 12.4 Å². The molecule has 1 heterocycles. The molecule has 166 valence electrons. The van der Waals surface area contributed by atoms with Gasteiger partial charge < -0.3 is 9.84 Å². The number of ether oxygens (including phenoxy) is 1. The number of carboxylic acid groups (broad SMARTS) is 1. The van der Waals surface area contributed by atoms with E-state index in [0.29, 0.717) is 28.6 Å². The van der Waals surface area contributed by atoms with E-state index in [9.17, 15) is 18.3 Å². The number of benzene rings is 3. The van der Waals surface area contributed by atoms with Gasteiger partial charge in [-0.1, -0.05) is 41.9 Å². The molecule has 0 amide bonds. The van der Waals surface area contributed by atoms with Crippen molar-refractivity contribution in [1.29, 1.82) is 0 Å². The molecule has 0 aromatic heterocycles. The molecular formula is C24H22ClNO5S. The van der Waals surface area contributed by atoms with Crippen molar-refractivity contribution in [1.82, 2.24) is 0 Å². The van der Waals surface area contributed by atoms with Crippen molar-refractivity contribution in [3.8, 4) is 5.75 Å². The maximum atomic E-state index is 13.5. The van der Waals surface area contributed by atoms with Gasteiger partial charge in [-0.15, -0.1) is 0 Å². The molecule has 0 unspecified atom stereocenters. The highest BCUT2D eigenvalue weighted by atomic mass is 35.5. The van der Waals surface area contributed by atoms with Crippen molar-refractivity contribution in [2.75, 3.05) is 4.31 Å². The van der Waals surface area contributed by atoms with Crippen LogP contribution in [0.3, 0.4) is 0 Å². The van der Waals surface area contributed by atoms with Gasteiger partial charge in [0.25, 0.3) is 10.0 Å². The predicted molar refractivity (Wildman–Crippen MR) is 123 cm³/mol. The van der Waals surface area contributed by atoms with Crippen LogP contribution in [0.2, 0.25) is 5.02 Å². The predicted octanol–water partition coefficient (Wildman–Crippen LogP) is 5.07. The molecule has 0 radical (unpaired) electrons. The Balaban J connectivity index is 1.70. The van der Waals surface area contributed by atoms with E-state index in [-0.39, 0.29) is 11.3 Å². The Morgan fingerprint density at radius 2 is 1.75 bits per heavy atom. The highest BCUT2D eigenvalue weighted by molar-refractivity contribution is 7.92. The largest absolute Gasteiger partial charge is 0.489 e. The lowest BCUT2D eigenvalue weighted by atomic mass is 9.92. The summed E-state index contributed by atoms with van der Waals surface area (Å²) in [5.41, 5.74) is 2.10. The summed E-state index contributed by atoms with van der Waals surface area (Å²) in [6.07, 6.45) is -0.192. The minimum atomic E-state index is -3.91. The first-order chi connectivity index (χ1) is 15.3. The lowest BCUT2D eigenvalue weighted by Gasteiger charge is -2.26. The van der Waals surface area contributed by atoms with Crippen LogP contribution in [0.25, 0.3) is 0 Å². The fourth-order valence-electron chi connectivity index (χ4n) is 4.04. The summed E-state index contributed by atoms with van der Waals surface area (Å²) in [6, 6.07) is 20.2. The third-order valence-electron chi connectivity index (χ3n) is 5.60. The van der Waals surface area contributed by atoms with Crippen LogP contribution in [0, 0.1) is 0 Å². The van der Waals surface area contributed by atoms with Crippen molar-refractivity contribution in [3.05, 3.63) is 88.9 Å². The molecule has 1 N–H and O–H groups in total. The number of fused-ring (bicyclic) bond motifs is 1. The topological polar surface area (TPSA) is 83.9 Å². The molecule has 0 spiro atoms. The third-order valence-corrected chi connectivity index (χ3v) is 7.77. The number of carboxylic acids is 1. The molecule has 6 nitrogen and oxygen atoms in total. The second-order valence-electron chi connectivity index (χ2n) is 7.69. The summed E-state index contributed by atoms with van der Waals surface area (Å²) in [4.78, 5) is 11.7. The molecular weight excluding hydrogens is 450 g/mol. The van der Waals surface area contributed by atoms with Crippen LogP contribution in [-0.2, 0) is 21.4 Å². The molecule has 32 heavy (non-hydrogen) atoms. The van der Waals surface area contributed by atoms with Crippen molar-refractivity contribution in [3.63, 3.8) is 0 Å². The number of halogens is 1. The number of anilines is 1. The Morgan fingerprint density at radius 3 is 2.41 bits per heavy atom. The smallest absolute Gasteiger partial charge is 0.304 e. The zero-order valence-corrected chi connectivity index (χ0v) is 18.9. The zero-order valence-electron chi connectivity index (χ0n) is 17.3. The van der Waals surface area contributed by atoms with Gasteiger partial charge in [0.05, 0.1) is 23.0 Å². The Hall–Kier alpha value is -3.03. The summed E-state index contributed by atoms with van der Waals surface area (Å²) in [5, 5.41) is 9.89. The van der Waals surface area contributed by atoms with Gasteiger partial charge in [-0.3, -0.25) is 9.10 Å². The monoisotopic (exact) mass is 471 g/mol. The molecule has 3 aromatic rings. The number of carbonyl (C=O) groups is 1. The van der Waals surface area contributed by atoms with Gasteiger partial charge in [0.15, 0.2) is 0 Å².